The SMILES string of the molecule is CNC(=O)C/C(=C/C(=O)I)C(=O)O. The fraction of sp³-hybridized carbons (Fsp3) is 0.286. The average Bonchev–Trinajstić information content (AvgIpc) is 2.02. The van der Waals surface area contributed by atoms with Crippen LogP contribution in [-0.4, -0.2) is 27.8 Å². The fourth-order valence-electron chi connectivity index (χ4n) is 0.587. The van der Waals surface area contributed by atoms with Gasteiger partial charge in [0.15, 0.2) is 0 Å². The Labute approximate surface area is 88.3 Å². The van der Waals surface area contributed by atoms with Gasteiger partial charge in [-0.25, -0.2) is 4.79 Å². The van der Waals surface area contributed by atoms with E-state index in [1.54, 1.807) is 0 Å². The summed E-state index contributed by atoms with van der Waals surface area (Å²) in [6, 6.07) is 0. The van der Waals surface area contributed by atoms with Gasteiger partial charge in [0.2, 0.25) is 9.70 Å². The van der Waals surface area contributed by atoms with E-state index in [0.29, 0.717) is 0 Å². The number of carboxylic acids is 1. The van der Waals surface area contributed by atoms with Gasteiger partial charge in [0.1, 0.15) is 0 Å². The predicted molar refractivity (Wildman–Crippen MR) is 53.4 cm³/mol. The molecule has 0 spiro atoms. The Kier molecular flexibility index (Phi) is 5.28. The van der Waals surface area contributed by atoms with E-state index in [0.717, 1.165) is 6.08 Å². The summed E-state index contributed by atoms with van der Waals surface area (Å²) in [5, 5.41) is 10.8. The highest BCUT2D eigenvalue weighted by Crippen LogP contribution is 2.03. The molecule has 1 amide bonds. The first-order valence-corrected chi connectivity index (χ1v) is 4.39. The lowest BCUT2D eigenvalue weighted by Gasteiger charge is -1.99. The maximum Gasteiger partial charge on any atom is 0.332 e. The van der Waals surface area contributed by atoms with Crippen LogP contribution in [0.15, 0.2) is 11.6 Å². The molecule has 6 heteroatoms. The molecule has 0 aliphatic rings. The van der Waals surface area contributed by atoms with Crippen molar-refractivity contribution in [3.05, 3.63) is 11.6 Å². The maximum atomic E-state index is 10.8. The van der Waals surface area contributed by atoms with Crippen molar-refractivity contribution in [1.82, 2.24) is 5.32 Å². The number of allylic oxidation sites excluding steroid dienone is 1. The number of rotatable bonds is 4. The topological polar surface area (TPSA) is 83.5 Å². The summed E-state index contributed by atoms with van der Waals surface area (Å²) in [5.41, 5.74) is -0.209. The van der Waals surface area contributed by atoms with Gasteiger partial charge in [0.05, 0.1) is 12.0 Å². The first-order valence-electron chi connectivity index (χ1n) is 3.31. The number of aliphatic carboxylic acids is 1. The number of amides is 1. The molecule has 0 rings (SSSR count). The monoisotopic (exact) mass is 297 g/mol. The molecule has 0 aromatic heterocycles. The van der Waals surface area contributed by atoms with Crippen molar-refractivity contribution in [2.24, 2.45) is 0 Å². The highest BCUT2D eigenvalue weighted by Gasteiger charge is 2.12. The number of hydrogen-bond acceptors (Lipinski definition) is 3. The molecule has 0 radical (unpaired) electrons. The molecule has 0 unspecified atom stereocenters. The lowest BCUT2D eigenvalue weighted by molar-refractivity contribution is -0.134. The molecule has 2 N–H and O–H groups in total. The Balaban J connectivity index is 4.54. The van der Waals surface area contributed by atoms with E-state index in [9.17, 15) is 14.4 Å². The third-order valence-corrected chi connectivity index (χ3v) is 1.50. The van der Waals surface area contributed by atoms with Gasteiger partial charge in [-0.2, -0.15) is 0 Å². The van der Waals surface area contributed by atoms with Crippen molar-refractivity contribution < 1.29 is 19.5 Å². The molecule has 0 atom stereocenters. The summed E-state index contributed by atoms with van der Waals surface area (Å²) in [6.07, 6.45) is 0.638. The van der Waals surface area contributed by atoms with Crippen molar-refractivity contribution in [3.8, 4) is 0 Å². The number of nitrogens with one attached hydrogen (secondary N) is 1. The van der Waals surface area contributed by atoms with E-state index in [2.05, 4.69) is 5.32 Å². The van der Waals surface area contributed by atoms with E-state index >= 15 is 0 Å². The van der Waals surface area contributed by atoms with Gasteiger partial charge in [-0.05, 0) is 0 Å². The largest absolute Gasteiger partial charge is 0.478 e. The lowest BCUT2D eigenvalue weighted by Crippen LogP contribution is -2.20. The van der Waals surface area contributed by atoms with E-state index in [-0.39, 0.29) is 12.0 Å². The van der Waals surface area contributed by atoms with Gasteiger partial charge in [0, 0.05) is 35.7 Å². The average molecular weight is 297 g/mol. The Morgan fingerprint density at radius 2 is 2.00 bits per heavy atom. The molecule has 0 saturated carbocycles. The van der Waals surface area contributed by atoms with Gasteiger partial charge in [-0.1, -0.05) is 0 Å². The molecule has 0 aliphatic carbocycles. The first kappa shape index (κ1) is 12.1. The van der Waals surface area contributed by atoms with Crippen LogP contribution < -0.4 is 5.32 Å². The van der Waals surface area contributed by atoms with Gasteiger partial charge in [-0.3, -0.25) is 9.59 Å². The first-order chi connectivity index (χ1) is 5.97. The second-order valence-corrected chi connectivity index (χ2v) is 3.19. The summed E-state index contributed by atoms with van der Waals surface area (Å²) >= 11 is 1.44. The van der Waals surface area contributed by atoms with Crippen molar-refractivity contribution in [2.45, 2.75) is 6.42 Å². The second-order valence-electron chi connectivity index (χ2n) is 2.13. The van der Waals surface area contributed by atoms with Crippen LogP contribution in [0.25, 0.3) is 0 Å². The van der Waals surface area contributed by atoms with E-state index in [1.807, 2.05) is 0 Å². The number of carbonyl (C=O) groups excluding carboxylic acids is 2. The molecule has 0 saturated heterocycles. The van der Waals surface area contributed by atoms with Crippen LogP contribution in [0.3, 0.4) is 0 Å². The third kappa shape index (κ3) is 5.34. The highest BCUT2D eigenvalue weighted by atomic mass is 127. The quantitative estimate of drug-likeness (QED) is 0.438. The van der Waals surface area contributed by atoms with Crippen LogP contribution in [0.5, 0.6) is 0 Å². The standard InChI is InChI=1S/C7H8INO4/c1-9-6(11)3-4(7(12)13)2-5(8)10/h2H,3H2,1H3,(H,9,11)(H,12,13)/b4-2-. The van der Waals surface area contributed by atoms with E-state index in [1.165, 1.54) is 29.6 Å². The minimum Gasteiger partial charge on any atom is -0.478 e. The van der Waals surface area contributed by atoms with Crippen LogP contribution in [0.2, 0.25) is 0 Å². The summed E-state index contributed by atoms with van der Waals surface area (Å²) in [6.45, 7) is 0. The summed E-state index contributed by atoms with van der Waals surface area (Å²) in [7, 11) is 1.40. The van der Waals surface area contributed by atoms with Gasteiger partial charge >= 0.3 is 5.97 Å². The summed E-state index contributed by atoms with van der Waals surface area (Å²) in [4.78, 5) is 31.8. The molecule has 72 valence electrons. The molecule has 0 bridgehead atoms. The second kappa shape index (κ2) is 5.68. The molecule has 0 aromatic carbocycles. The maximum absolute atomic E-state index is 10.8. The minimum absolute atomic E-state index is 0.209. The lowest BCUT2D eigenvalue weighted by atomic mass is 10.2. The Hall–Kier alpha value is -0.920. The van der Waals surface area contributed by atoms with E-state index in [4.69, 9.17) is 5.11 Å². The van der Waals surface area contributed by atoms with Crippen molar-refractivity contribution >= 4 is 38.3 Å². The smallest absolute Gasteiger partial charge is 0.332 e. The molecule has 0 fully saturated rings. The molecular weight excluding hydrogens is 289 g/mol. The number of carbonyl (C=O) groups is 3. The summed E-state index contributed by atoms with van der Waals surface area (Å²) < 4.78 is -0.418. The van der Waals surface area contributed by atoms with Crippen LogP contribution in [-0.2, 0) is 14.4 Å². The third-order valence-electron chi connectivity index (χ3n) is 1.19. The number of halogens is 1. The molecule has 13 heavy (non-hydrogen) atoms. The van der Waals surface area contributed by atoms with Crippen molar-refractivity contribution in [3.63, 3.8) is 0 Å². The van der Waals surface area contributed by atoms with Gasteiger partial charge in [-0.15, -0.1) is 0 Å². The zero-order chi connectivity index (χ0) is 10.4. The number of hydrogen-bond donors (Lipinski definition) is 2. The van der Waals surface area contributed by atoms with Crippen LogP contribution >= 0.6 is 22.6 Å². The number of carboxylic acid groups (broad SMARTS) is 1. The summed E-state index contributed by atoms with van der Waals surface area (Å²) in [5.74, 6) is -1.69. The Bertz CT molecular complexity index is 272. The van der Waals surface area contributed by atoms with Crippen LogP contribution in [0.1, 0.15) is 6.42 Å². The van der Waals surface area contributed by atoms with Crippen LogP contribution in [0, 0.1) is 0 Å². The van der Waals surface area contributed by atoms with Crippen molar-refractivity contribution in [2.75, 3.05) is 7.05 Å². The zero-order valence-corrected chi connectivity index (χ0v) is 8.99. The molecule has 0 aliphatic heterocycles. The van der Waals surface area contributed by atoms with Crippen molar-refractivity contribution in [1.29, 1.82) is 0 Å². The molecule has 5 nitrogen and oxygen atoms in total. The molecular formula is C7H8INO4. The molecule has 0 heterocycles. The van der Waals surface area contributed by atoms with Gasteiger partial charge < -0.3 is 10.4 Å². The normalized spacial score (nSPS) is 10.8. The van der Waals surface area contributed by atoms with Gasteiger partial charge in [0.25, 0.3) is 0 Å². The Morgan fingerprint density at radius 1 is 1.46 bits per heavy atom. The van der Waals surface area contributed by atoms with Crippen LogP contribution in [0.4, 0.5) is 0 Å². The zero-order valence-electron chi connectivity index (χ0n) is 6.83. The molecule has 0 aromatic rings. The fourth-order valence-corrected chi connectivity index (χ4v) is 0.963. The predicted octanol–water partition coefficient (Wildman–Crippen LogP) is 0.0951. The highest BCUT2D eigenvalue weighted by molar-refractivity contribution is 14.1. The van der Waals surface area contributed by atoms with E-state index < -0.39 is 15.7 Å². The minimum atomic E-state index is -1.26. The Morgan fingerprint density at radius 3 is 2.31 bits per heavy atom.